The summed E-state index contributed by atoms with van der Waals surface area (Å²) in [6.45, 7) is 4.07. The highest BCUT2D eigenvalue weighted by Crippen LogP contribution is 2.26. The van der Waals surface area contributed by atoms with E-state index in [1.54, 1.807) is 30.3 Å². The molecule has 0 radical (unpaired) electrons. The van der Waals surface area contributed by atoms with Crippen LogP contribution in [0.3, 0.4) is 0 Å². The SMILES string of the molecule is CC(=O)O[C@H]1CCN(CCN)C1[C@H](COC(=O)c1ccccc1)OC(C)=O. The van der Waals surface area contributed by atoms with Crippen LogP contribution in [0.2, 0.25) is 0 Å². The standard InChI is InChI=1S/C19H26N2O6/c1-13(22)26-16-8-10-21(11-9-20)18(16)17(27-14(2)23)12-25-19(24)15-6-4-3-5-7-15/h3-7,16-18H,8-12,20H2,1-2H3/t16-,17-,18?/m0/s1. The maximum atomic E-state index is 12.2. The van der Waals surface area contributed by atoms with Gasteiger partial charge in [-0.2, -0.15) is 0 Å². The topological polar surface area (TPSA) is 108 Å². The van der Waals surface area contributed by atoms with E-state index < -0.39 is 36.2 Å². The van der Waals surface area contributed by atoms with Crippen LogP contribution in [-0.4, -0.2) is 67.3 Å². The van der Waals surface area contributed by atoms with Crippen molar-refractivity contribution in [2.24, 2.45) is 5.73 Å². The molecule has 1 aliphatic rings. The number of benzene rings is 1. The van der Waals surface area contributed by atoms with E-state index in [-0.39, 0.29) is 6.61 Å². The van der Waals surface area contributed by atoms with Gasteiger partial charge in [-0.05, 0) is 18.6 Å². The Balaban J connectivity index is 2.14. The fraction of sp³-hybridized carbons (Fsp3) is 0.526. The lowest BCUT2D eigenvalue weighted by Gasteiger charge is -2.33. The lowest BCUT2D eigenvalue weighted by atomic mass is 10.1. The van der Waals surface area contributed by atoms with E-state index in [1.807, 2.05) is 4.90 Å². The fourth-order valence-electron chi connectivity index (χ4n) is 3.32. The van der Waals surface area contributed by atoms with E-state index in [1.165, 1.54) is 13.8 Å². The van der Waals surface area contributed by atoms with E-state index >= 15 is 0 Å². The molecule has 2 rings (SSSR count). The van der Waals surface area contributed by atoms with Gasteiger partial charge in [0.05, 0.1) is 11.6 Å². The molecule has 0 bridgehead atoms. The number of nitrogens with zero attached hydrogens (tertiary/aromatic N) is 1. The molecule has 8 heteroatoms. The van der Waals surface area contributed by atoms with Gasteiger partial charge in [0.15, 0.2) is 6.10 Å². The number of hydrogen-bond donors (Lipinski definition) is 1. The molecular formula is C19H26N2O6. The number of carbonyl (C=O) groups is 3. The number of nitrogens with two attached hydrogens (primary N) is 1. The van der Waals surface area contributed by atoms with E-state index in [2.05, 4.69) is 0 Å². The number of esters is 3. The molecule has 27 heavy (non-hydrogen) atoms. The van der Waals surface area contributed by atoms with E-state index in [0.29, 0.717) is 31.6 Å². The Hall–Kier alpha value is -2.45. The maximum Gasteiger partial charge on any atom is 0.338 e. The zero-order valence-corrected chi connectivity index (χ0v) is 15.6. The van der Waals surface area contributed by atoms with Gasteiger partial charge in [-0.25, -0.2) is 4.79 Å². The normalized spacial score (nSPS) is 20.7. The molecule has 0 aliphatic carbocycles. The first-order valence-corrected chi connectivity index (χ1v) is 8.93. The van der Waals surface area contributed by atoms with Gasteiger partial charge in [-0.1, -0.05) is 18.2 Å². The van der Waals surface area contributed by atoms with Crippen molar-refractivity contribution >= 4 is 17.9 Å². The van der Waals surface area contributed by atoms with Crippen molar-refractivity contribution < 1.29 is 28.6 Å². The minimum Gasteiger partial charge on any atom is -0.461 e. The van der Waals surface area contributed by atoms with Gasteiger partial charge in [-0.3, -0.25) is 14.5 Å². The summed E-state index contributed by atoms with van der Waals surface area (Å²) >= 11 is 0. The second kappa shape index (κ2) is 10.0. The summed E-state index contributed by atoms with van der Waals surface area (Å²) in [5, 5.41) is 0. The largest absolute Gasteiger partial charge is 0.461 e. The highest BCUT2D eigenvalue weighted by Gasteiger charge is 2.43. The summed E-state index contributed by atoms with van der Waals surface area (Å²) < 4.78 is 16.2. The van der Waals surface area contributed by atoms with Crippen molar-refractivity contribution in [2.45, 2.75) is 38.5 Å². The van der Waals surface area contributed by atoms with E-state index in [9.17, 15) is 14.4 Å². The first-order chi connectivity index (χ1) is 12.9. The van der Waals surface area contributed by atoms with Crippen LogP contribution in [-0.2, 0) is 23.8 Å². The Bertz CT molecular complexity index is 651. The first-order valence-electron chi connectivity index (χ1n) is 8.93. The Morgan fingerprint density at radius 1 is 1.19 bits per heavy atom. The van der Waals surface area contributed by atoms with Crippen LogP contribution >= 0.6 is 0 Å². The molecule has 1 saturated heterocycles. The minimum absolute atomic E-state index is 0.142. The van der Waals surface area contributed by atoms with Gasteiger partial charge in [0, 0.05) is 33.5 Å². The van der Waals surface area contributed by atoms with Gasteiger partial charge in [-0.15, -0.1) is 0 Å². The molecule has 3 atom stereocenters. The summed E-state index contributed by atoms with van der Waals surface area (Å²) in [6, 6.07) is 8.12. The van der Waals surface area contributed by atoms with E-state index in [4.69, 9.17) is 19.9 Å². The number of carbonyl (C=O) groups excluding carboxylic acids is 3. The Kier molecular flexibility index (Phi) is 7.75. The van der Waals surface area contributed by atoms with Gasteiger partial charge in [0.1, 0.15) is 12.7 Å². The number of hydrogen-bond acceptors (Lipinski definition) is 8. The Labute approximate surface area is 158 Å². The van der Waals surface area contributed by atoms with Crippen LogP contribution in [0.15, 0.2) is 30.3 Å². The first kappa shape index (κ1) is 20.9. The third-order valence-corrected chi connectivity index (χ3v) is 4.32. The predicted molar refractivity (Wildman–Crippen MR) is 96.9 cm³/mol. The monoisotopic (exact) mass is 378 g/mol. The summed E-state index contributed by atoms with van der Waals surface area (Å²) in [4.78, 5) is 37.3. The summed E-state index contributed by atoms with van der Waals surface area (Å²) in [5.41, 5.74) is 6.08. The molecule has 8 nitrogen and oxygen atoms in total. The van der Waals surface area contributed by atoms with Crippen molar-refractivity contribution in [3.63, 3.8) is 0 Å². The van der Waals surface area contributed by atoms with Crippen LogP contribution in [0.1, 0.15) is 30.6 Å². The molecule has 0 spiro atoms. The van der Waals surface area contributed by atoms with Crippen molar-refractivity contribution in [2.75, 3.05) is 26.2 Å². The molecule has 2 N–H and O–H groups in total. The van der Waals surface area contributed by atoms with Crippen molar-refractivity contribution in [1.29, 1.82) is 0 Å². The highest BCUT2D eigenvalue weighted by molar-refractivity contribution is 5.89. The van der Waals surface area contributed by atoms with Crippen molar-refractivity contribution in [3.8, 4) is 0 Å². The molecule has 0 aromatic heterocycles. The van der Waals surface area contributed by atoms with Gasteiger partial charge in [0.25, 0.3) is 0 Å². The van der Waals surface area contributed by atoms with Gasteiger partial charge in [0.2, 0.25) is 0 Å². The van der Waals surface area contributed by atoms with Crippen molar-refractivity contribution in [1.82, 2.24) is 4.90 Å². The Morgan fingerprint density at radius 3 is 2.48 bits per heavy atom. The van der Waals surface area contributed by atoms with Gasteiger partial charge < -0.3 is 19.9 Å². The van der Waals surface area contributed by atoms with Crippen LogP contribution in [0, 0.1) is 0 Å². The molecule has 1 unspecified atom stereocenters. The van der Waals surface area contributed by atoms with Gasteiger partial charge >= 0.3 is 17.9 Å². The number of ether oxygens (including phenoxy) is 3. The second-order valence-electron chi connectivity index (χ2n) is 6.36. The van der Waals surface area contributed by atoms with Crippen LogP contribution in [0.25, 0.3) is 0 Å². The zero-order valence-electron chi connectivity index (χ0n) is 15.6. The molecule has 1 fully saturated rings. The molecule has 1 heterocycles. The second-order valence-corrected chi connectivity index (χ2v) is 6.36. The lowest BCUT2D eigenvalue weighted by Crippen LogP contribution is -2.51. The van der Waals surface area contributed by atoms with Crippen molar-refractivity contribution in [3.05, 3.63) is 35.9 Å². The predicted octanol–water partition coefficient (Wildman–Crippen LogP) is 0.740. The van der Waals surface area contributed by atoms with Crippen LogP contribution < -0.4 is 5.73 Å². The lowest BCUT2D eigenvalue weighted by molar-refractivity contribution is -0.159. The fourth-order valence-corrected chi connectivity index (χ4v) is 3.32. The number of rotatable bonds is 8. The summed E-state index contributed by atoms with van der Waals surface area (Å²) in [7, 11) is 0. The van der Waals surface area contributed by atoms with E-state index in [0.717, 1.165) is 0 Å². The smallest absolute Gasteiger partial charge is 0.338 e. The summed E-state index contributed by atoms with van der Waals surface area (Å²) in [5.74, 6) is -1.43. The van der Waals surface area contributed by atoms with Crippen LogP contribution in [0.4, 0.5) is 0 Å². The molecule has 1 aliphatic heterocycles. The minimum atomic E-state index is -0.770. The van der Waals surface area contributed by atoms with Crippen LogP contribution in [0.5, 0.6) is 0 Å². The quantitative estimate of drug-likeness (QED) is 0.521. The maximum absolute atomic E-state index is 12.2. The highest BCUT2D eigenvalue weighted by atomic mass is 16.6. The summed E-state index contributed by atoms with van der Waals surface area (Å²) in [6.07, 6.45) is -0.642. The molecule has 0 saturated carbocycles. The average Bonchev–Trinajstić information content (AvgIpc) is 3.00. The Morgan fingerprint density at radius 2 is 1.89 bits per heavy atom. The third-order valence-electron chi connectivity index (χ3n) is 4.32. The molecule has 1 aromatic rings. The molecule has 0 amide bonds. The molecular weight excluding hydrogens is 352 g/mol. The third kappa shape index (κ3) is 6.04. The average molecular weight is 378 g/mol. The molecule has 1 aromatic carbocycles. The number of likely N-dealkylation sites (tertiary alicyclic amines) is 1. The zero-order chi connectivity index (χ0) is 19.8. The molecule has 148 valence electrons.